The molecule has 1 aliphatic rings. The third-order valence-electron chi connectivity index (χ3n) is 2.64. The van der Waals surface area contributed by atoms with Gasteiger partial charge in [0.05, 0.1) is 6.61 Å². The number of hydrogen-bond donors (Lipinski definition) is 3. The Kier molecular flexibility index (Phi) is 2.96. The molecular formula is C10H12BNO4. The van der Waals surface area contributed by atoms with Crippen molar-refractivity contribution in [2.45, 2.75) is 19.1 Å². The molecule has 0 aliphatic carbocycles. The van der Waals surface area contributed by atoms with Crippen LogP contribution in [0.25, 0.3) is 0 Å². The lowest BCUT2D eigenvalue weighted by atomic mass is 9.79. The molecule has 16 heavy (non-hydrogen) atoms. The lowest BCUT2D eigenvalue weighted by Crippen LogP contribution is -2.32. The number of benzene rings is 1. The minimum absolute atomic E-state index is 0.276. The highest BCUT2D eigenvalue weighted by Crippen LogP contribution is 2.13. The highest BCUT2D eigenvalue weighted by atomic mass is 16.5. The van der Waals surface area contributed by atoms with E-state index in [0.717, 1.165) is 16.6 Å². The molecule has 0 aromatic heterocycles. The van der Waals surface area contributed by atoms with Gasteiger partial charge in [-0.2, -0.15) is 0 Å². The van der Waals surface area contributed by atoms with Gasteiger partial charge in [-0.3, -0.25) is 4.79 Å². The van der Waals surface area contributed by atoms with E-state index in [9.17, 15) is 9.82 Å². The molecule has 0 spiro atoms. The van der Waals surface area contributed by atoms with Gasteiger partial charge in [0.15, 0.2) is 0 Å². The predicted molar refractivity (Wildman–Crippen MR) is 58.2 cm³/mol. The van der Waals surface area contributed by atoms with E-state index in [0.29, 0.717) is 6.61 Å². The molecular weight excluding hydrogens is 209 g/mol. The van der Waals surface area contributed by atoms with Crippen molar-refractivity contribution < 1.29 is 19.6 Å². The van der Waals surface area contributed by atoms with E-state index in [1.807, 2.05) is 6.07 Å². The summed E-state index contributed by atoms with van der Waals surface area (Å²) in [6.07, 6.45) is 0.276. The number of carbonyl (C=O) groups is 1. The first-order chi connectivity index (χ1) is 7.58. The zero-order chi connectivity index (χ0) is 11.7. The van der Waals surface area contributed by atoms with E-state index in [-0.39, 0.29) is 6.42 Å². The minimum Gasteiger partial charge on any atom is -0.480 e. The van der Waals surface area contributed by atoms with Gasteiger partial charge in [0, 0.05) is 0 Å². The standard InChI is InChI=1S/C10H12BNO4/c12-9(10(13)14)4-6-1-2-8-7(3-6)5-16-11(8)15/h1-3,9,15H,4-5,12H2,(H,13,14). The van der Waals surface area contributed by atoms with Crippen LogP contribution in [0.1, 0.15) is 11.1 Å². The summed E-state index contributed by atoms with van der Waals surface area (Å²) in [6.45, 7) is 0.354. The minimum atomic E-state index is -1.02. The van der Waals surface area contributed by atoms with E-state index < -0.39 is 19.1 Å². The van der Waals surface area contributed by atoms with Gasteiger partial charge in [-0.05, 0) is 23.0 Å². The van der Waals surface area contributed by atoms with Crippen molar-refractivity contribution in [2.75, 3.05) is 0 Å². The summed E-state index contributed by atoms with van der Waals surface area (Å²) in [7, 11) is -0.864. The van der Waals surface area contributed by atoms with Crippen molar-refractivity contribution in [1.29, 1.82) is 0 Å². The normalized spacial score (nSPS) is 16.0. The second-order valence-electron chi connectivity index (χ2n) is 3.85. The number of fused-ring (bicyclic) bond motifs is 1. The van der Waals surface area contributed by atoms with Crippen LogP contribution in [0.4, 0.5) is 0 Å². The summed E-state index contributed by atoms with van der Waals surface area (Å²) in [4.78, 5) is 10.6. The summed E-state index contributed by atoms with van der Waals surface area (Å²) >= 11 is 0. The molecule has 6 heteroatoms. The first kappa shape index (κ1) is 11.1. The average Bonchev–Trinajstić information content (AvgIpc) is 2.60. The maximum absolute atomic E-state index is 10.6. The number of aliphatic carboxylic acids is 1. The van der Waals surface area contributed by atoms with E-state index >= 15 is 0 Å². The first-order valence-electron chi connectivity index (χ1n) is 4.97. The van der Waals surface area contributed by atoms with Crippen LogP contribution >= 0.6 is 0 Å². The third kappa shape index (κ3) is 2.09. The van der Waals surface area contributed by atoms with Crippen molar-refractivity contribution in [3.05, 3.63) is 29.3 Å². The van der Waals surface area contributed by atoms with Crippen LogP contribution in [0, 0.1) is 0 Å². The van der Waals surface area contributed by atoms with Crippen molar-refractivity contribution >= 4 is 18.6 Å². The Hall–Kier alpha value is -1.37. The number of nitrogens with two attached hydrogens (primary N) is 1. The topological polar surface area (TPSA) is 92.8 Å². The smallest absolute Gasteiger partial charge is 0.480 e. The van der Waals surface area contributed by atoms with Crippen molar-refractivity contribution in [2.24, 2.45) is 5.73 Å². The van der Waals surface area contributed by atoms with Crippen LogP contribution in [0.5, 0.6) is 0 Å². The molecule has 2 rings (SSSR count). The third-order valence-corrected chi connectivity index (χ3v) is 2.64. The zero-order valence-electron chi connectivity index (χ0n) is 8.59. The van der Waals surface area contributed by atoms with Crippen LogP contribution < -0.4 is 11.2 Å². The lowest BCUT2D eigenvalue weighted by molar-refractivity contribution is -0.138. The maximum atomic E-state index is 10.6. The van der Waals surface area contributed by atoms with Gasteiger partial charge < -0.3 is 20.5 Å². The molecule has 0 saturated carbocycles. The Bertz CT molecular complexity index is 423. The summed E-state index contributed by atoms with van der Waals surface area (Å²) in [5, 5.41) is 18.1. The largest absolute Gasteiger partial charge is 0.491 e. The Morgan fingerprint density at radius 2 is 2.38 bits per heavy atom. The first-order valence-corrected chi connectivity index (χ1v) is 4.97. The van der Waals surface area contributed by atoms with Crippen LogP contribution in [0.2, 0.25) is 0 Å². The fraction of sp³-hybridized carbons (Fsp3) is 0.300. The number of carboxylic acids is 1. The van der Waals surface area contributed by atoms with Gasteiger partial charge in [-0.15, -0.1) is 0 Å². The molecule has 1 aromatic rings. The molecule has 4 N–H and O–H groups in total. The number of hydrogen-bond acceptors (Lipinski definition) is 4. The molecule has 0 amide bonds. The molecule has 1 unspecified atom stereocenters. The van der Waals surface area contributed by atoms with Crippen LogP contribution in [-0.2, 0) is 22.5 Å². The molecule has 1 heterocycles. The number of carboxylic acid groups (broad SMARTS) is 1. The van der Waals surface area contributed by atoms with Crippen LogP contribution in [0.15, 0.2) is 18.2 Å². The fourth-order valence-corrected chi connectivity index (χ4v) is 1.75. The molecule has 1 aliphatic heterocycles. The summed E-state index contributed by atoms with van der Waals surface area (Å²) in [5.41, 5.74) is 7.91. The quantitative estimate of drug-likeness (QED) is 0.561. The summed E-state index contributed by atoms with van der Waals surface area (Å²) < 4.78 is 5.04. The molecule has 0 fully saturated rings. The summed E-state index contributed by atoms with van der Waals surface area (Å²) in [5.74, 6) is -1.02. The highest BCUT2D eigenvalue weighted by molar-refractivity contribution is 6.61. The molecule has 0 radical (unpaired) electrons. The van der Waals surface area contributed by atoms with Gasteiger partial charge >= 0.3 is 13.1 Å². The van der Waals surface area contributed by atoms with E-state index in [1.54, 1.807) is 12.1 Å². The maximum Gasteiger partial charge on any atom is 0.491 e. The van der Waals surface area contributed by atoms with Gasteiger partial charge in [-0.25, -0.2) is 0 Å². The molecule has 0 bridgehead atoms. The van der Waals surface area contributed by atoms with Crippen molar-refractivity contribution in [3.63, 3.8) is 0 Å². The molecule has 1 aromatic carbocycles. The van der Waals surface area contributed by atoms with E-state index in [4.69, 9.17) is 15.5 Å². The van der Waals surface area contributed by atoms with Gasteiger partial charge in [-0.1, -0.05) is 18.2 Å². The Labute approximate surface area is 93.0 Å². The second-order valence-corrected chi connectivity index (χ2v) is 3.85. The molecule has 0 saturated heterocycles. The fourth-order valence-electron chi connectivity index (χ4n) is 1.75. The Morgan fingerprint density at radius 3 is 3.06 bits per heavy atom. The van der Waals surface area contributed by atoms with Crippen molar-refractivity contribution in [1.82, 2.24) is 0 Å². The highest BCUT2D eigenvalue weighted by Gasteiger charge is 2.27. The predicted octanol–water partition coefficient (Wildman–Crippen LogP) is -1.14. The second kappa shape index (κ2) is 4.25. The lowest BCUT2D eigenvalue weighted by Gasteiger charge is -2.07. The van der Waals surface area contributed by atoms with Gasteiger partial charge in [0.25, 0.3) is 0 Å². The van der Waals surface area contributed by atoms with Gasteiger partial charge in [0.2, 0.25) is 0 Å². The van der Waals surface area contributed by atoms with Crippen molar-refractivity contribution in [3.8, 4) is 0 Å². The SMILES string of the molecule is NC(Cc1ccc2c(c1)COB2O)C(=O)O. The van der Waals surface area contributed by atoms with Gasteiger partial charge in [0.1, 0.15) is 6.04 Å². The Balaban J connectivity index is 2.16. The molecule has 5 nitrogen and oxygen atoms in total. The van der Waals surface area contributed by atoms with E-state index in [2.05, 4.69) is 0 Å². The average molecular weight is 221 g/mol. The molecule has 1 atom stereocenters. The number of rotatable bonds is 3. The monoisotopic (exact) mass is 221 g/mol. The molecule has 84 valence electrons. The van der Waals surface area contributed by atoms with Crippen LogP contribution in [-0.4, -0.2) is 29.3 Å². The van der Waals surface area contributed by atoms with Crippen LogP contribution in [0.3, 0.4) is 0 Å². The zero-order valence-corrected chi connectivity index (χ0v) is 8.59. The summed E-state index contributed by atoms with van der Waals surface area (Å²) in [6, 6.07) is 4.44. The van der Waals surface area contributed by atoms with E-state index in [1.165, 1.54) is 0 Å². The Morgan fingerprint density at radius 1 is 1.62 bits per heavy atom.